The van der Waals surface area contributed by atoms with Gasteiger partial charge in [0.15, 0.2) is 8.32 Å². The average molecular weight is 302 g/mol. The first-order chi connectivity index (χ1) is 9.05. The van der Waals surface area contributed by atoms with Crippen molar-refractivity contribution >= 4 is 14.3 Å². The van der Waals surface area contributed by atoms with Crippen LogP contribution in [0.5, 0.6) is 0 Å². The predicted octanol–water partition coefficient (Wildman–Crippen LogP) is 3.27. The van der Waals surface area contributed by atoms with Gasteiger partial charge in [0.05, 0.1) is 12.7 Å². The number of carbonyl (C=O) groups excluding carboxylic acids is 1. The second-order valence-electron chi connectivity index (χ2n) is 6.50. The summed E-state index contributed by atoms with van der Waals surface area (Å²) in [7, 11) is -1.93. The maximum atomic E-state index is 11.6. The van der Waals surface area contributed by atoms with Crippen LogP contribution in [0.3, 0.4) is 0 Å². The summed E-state index contributed by atoms with van der Waals surface area (Å²) in [6.07, 6.45) is 2.02. The Morgan fingerprint density at radius 1 is 1.35 bits per heavy atom. The van der Waals surface area contributed by atoms with Crippen LogP contribution in [0.15, 0.2) is 11.6 Å². The van der Waals surface area contributed by atoms with Gasteiger partial charge in [-0.25, -0.2) is 4.79 Å². The number of aliphatic hydroxyl groups excluding tert-OH is 1. The van der Waals surface area contributed by atoms with Crippen molar-refractivity contribution in [3.8, 4) is 0 Å². The second kappa shape index (κ2) is 7.95. The minimum Gasteiger partial charge on any atom is -0.463 e. The Morgan fingerprint density at radius 3 is 2.30 bits per heavy atom. The van der Waals surface area contributed by atoms with Crippen LogP contribution in [-0.2, 0) is 14.0 Å². The van der Waals surface area contributed by atoms with Crippen LogP contribution in [0, 0.1) is 0 Å². The molecule has 118 valence electrons. The molecule has 1 atom stereocenters. The largest absolute Gasteiger partial charge is 0.463 e. The Balaban J connectivity index is 4.99. The van der Waals surface area contributed by atoms with Gasteiger partial charge in [-0.2, -0.15) is 0 Å². The van der Waals surface area contributed by atoms with Crippen LogP contribution in [0.1, 0.15) is 41.0 Å². The molecule has 0 saturated heterocycles. The fourth-order valence-electron chi connectivity index (χ4n) is 1.45. The van der Waals surface area contributed by atoms with E-state index in [1.807, 2.05) is 0 Å². The van der Waals surface area contributed by atoms with Crippen molar-refractivity contribution in [3.05, 3.63) is 11.6 Å². The summed E-state index contributed by atoms with van der Waals surface area (Å²) in [5.74, 6) is -0.325. The van der Waals surface area contributed by atoms with Gasteiger partial charge in [0.2, 0.25) is 0 Å². The molecule has 0 aliphatic rings. The van der Waals surface area contributed by atoms with Crippen LogP contribution >= 0.6 is 0 Å². The third kappa shape index (κ3) is 6.20. The number of esters is 1. The molecule has 0 rings (SSSR count). The summed E-state index contributed by atoms with van der Waals surface area (Å²) >= 11 is 0. The fourth-order valence-corrected chi connectivity index (χ4v) is 2.75. The highest BCUT2D eigenvalue weighted by Crippen LogP contribution is 2.37. The zero-order chi connectivity index (χ0) is 16.0. The number of carbonyl (C=O) groups is 1. The van der Waals surface area contributed by atoms with E-state index in [4.69, 9.17) is 9.16 Å². The van der Waals surface area contributed by atoms with Gasteiger partial charge in [0.25, 0.3) is 0 Å². The summed E-state index contributed by atoms with van der Waals surface area (Å²) in [6, 6.07) is 0. The van der Waals surface area contributed by atoms with E-state index in [2.05, 4.69) is 33.9 Å². The van der Waals surface area contributed by atoms with Crippen molar-refractivity contribution in [3.63, 3.8) is 0 Å². The van der Waals surface area contributed by atoms with Crippen LogP contribution in [0.2, 0.25) is 18.1 Å². The van der Waals surface area contributed by atoms with Crippen LogP contribution in [-0.4, -0.2) is 38.7 Å². The summed E-state index contributed by atoms with van der Waals surface area (Å²) in [6.45, 7) is 14.7. The maximum Gasteiger partial charge on any atom is 0.333 e. The first-order valence-corrected chi connectivity index (χ1v) is 10.1. The van der Waals surface area contributed by atoms with E-state index >= 15 is 0 Å². The molecule has 0 aromatic heterocycles. The molecule has 0 radical (unpaired) electrons. The third-order valence-corrected chi connectivity index (χ3v) is 8.20. The van der Waals surface area contributed by atoms with Crippen LogP contribution in [0.25, 0.3) is 0 Å². The van der Waals surface area contributed by atoms with Gasteiger partial charge in [0.1, 0.15) is 0 Å². The molecular weight excluding hydrogens is 272 g/mol. The fraction of sp³-hybridized carbons (Fsp3) is 0.800. The quantitative estimate of drug-likeness (QED) is 0.445. The van der Waals surface area contributed by atoms with Gasteiger partial charge in [-0.3, -0.25) is 0 Å². The molecule has 0 aliphatic heterocycles. The van der Waals surface area contributed by atoms with Gasteiger partial charge in [-0.1, -0.05) is 20.8 Å². The van der Waals surface area contributed by atoms with Gasteiger partial charge >= 0.3 is 5.97 Å². The zero-order valence-corrected chi connectivity index (χ0v) is 14.9. The predicted molar refractivity (Wildman–Crippen MR) is 84.2 cm³/mol. The molecular formula is C15H30O4Si. The van der Waals surface area contributed by atoms with Crippen LogP contribution < -0.4 is 0 Å². The van der Waals surface area contributed by atoms with E-state index in [1.54, 1.807) is 19.9 Å². The average Bonchev–Trinajstić information content (AvgIpc) is 2.27. The molecule has 4 nitrogen and oxygen atoms in total. The highest BCUT2D eigenvalue weighted by atomic mass is 28.4. The number of hydrogen-bond acceptors (Lipinski definition) is 4. The summed E-state index contributed by atoms with van der Waals surface area (Å²) in [5, 5.41) is 9.27. The van der Waals surface area contributed by atoms with E-state index in [0.717, 1.165) is 0 Å². The van der Waals surface area contributed by atoms with Crippen molar-refractivity contribution in [2.75, 3.05) is 13.2 Å². The van der Waals surface area contributed by atoms with E-state index < -0.39 is 8.32 Å². The van der Waals surface area contributed by atoms with Crippen LogP contribution in [0.4, 0.5) is 0 Å². The lowest BCUT2D eigenvalue weighted by molar-refractivity contribution is -0.138. The Bertz CT molecular complexity index is 342. The first kappa shape index (κ1) is 19.3. The Kier molecular flexibility index (Phi) is 7.69. The first-order valence-electron chi connectivity index (χ1n) is 7.19. The van der Waals surface area contributed by atoms with Gasteiger partial charge in [-0.15, -0.1) is 0 Å². The number of aliphatic hydroxyl groups is 1. The van der Waals surface area contributed by atoms with Gasteiger partial charge in [-0.05, 0) is 44.5 Å². The topological polar surface area (TPSA) is 55.8 Å². The molecule has 0 aromatic carbocycles. The van der Waals surface area contributed by atoms with E-state index in [1.165, 1.54) is 0 Å². The monoisotopic (exact) mass is 302 g/mol. The molecule has 5 heteroatoms. The van der Waals surface area contributed by atoms with E-state index in [-0.39, 0.29) is 23.7 Å². The van der Waals surface area contributed by atoms with Crippen molar-refractivity contribution in [1.82, 2.24) is 0 Å². The molecule has 0 heterocycles. The third-order valence-electron chi connectivity index (χ3n) is 3.70. The van der Waals surface area contributed by atoms with Crippen molar-refractivity contribution < 1.29 is 19.1 Å². The number of hydrogen-bond donors (Lipinski definition) is 1. The highest BCUT2D eigenvalue weighted by Gasteiger charge is 2.38. The molecule has 0 bridgehead atoms. The summed E-state index contributed by atoms with van der Waals surface area (Å²) < 4.78 is 11.2. The minimum absolute atomic E-state index is 0.0336. The smallest absolute Gasteiger partial charge is 0.333 e. The summed E-state index contributed by atoms with van der Waals surface area (Å²) in [4.78, 5) is 11.6. The minimum atomic E-state index is -1.93. The van der Waals surface area contributed by atoms with Gasteiger partial charge < -0.3 is 14.3 Å². The van der Waals surface area contributed by atoms with Crippen molar-refractivity contribution in [2.24, 2.45) is 0 Å². The van der Waals surface area contributed by atoms with Gasteiger partial charge in [0, 0.05) is 12.2 Å². The lowest BCUT2D eigenvalue weighted by Gasteiger charge is -2.38. The van der Waals surface area contributed by atoms with Crippen molar-refractivity contribution in [2.45, 2.75) is 65.3 Å². The second-order valence-corrected chi connectivity index (χ2v) is 11.3. The number of ether oxygens (including phenoxy) is 1. The van der Waals surface area contributed by atoms with Crippen molar-refractivity contribution in [1.29, 1.82) is 0 Å². The SMILES string of the molecule is CCOC(=O)/C(C)=C/C(CCO)O[Si](C)(C)C(C)(C)C. The Labute approximate surface area is 124 Å². The number of rotatable bonds is 7. The molecule has 0 saturated carbocycles. The van der Waals surface area contributed by atoms with E-state index in [0.29, 0.717) is 18.6 Å². The zero-order valence-electron chi connectivity index (χ0n) is 13.9. The molecule has 0 spiro atoms. The highest BCUT2D eigenvalue weighted by molar-refractivity contribution is 6.74. The molecule has 0 aromatic rings. The summed E-state index contributed by atoms with van der Waals surface area (Å²) in [5.41, 5.74) is 0.531. The Hall–Kier alpha value is -0.653. The Morgan fingerprint density at radius 2 is 1.90 bits per heavy atom. The molecule has 1 N–H and O–H groups in total. The molecule has 20 heavy (non-hydrogen) atoms. The molecule has 0 aliphatic carbocycles. The molecule has 1 unspecified atom stereocenters. The lowest BCUT2D eigenvalue weighted by Crippen LogP contribution is -2.43. The normalized spacial score (nSPS) is 15.1. The molecule has 0 fully saturated rings. The molecule has 0 amide bonds. The van der Waals surface area contributed by atoms with E-state index in [9.17, 15) is 9.90 Å². The standard InChI is InChI=1S/C15H30O4Si/c1-8-18-14(17)12(2)11-13(9-10-16)19-20(6,7)15(3,4)5/h11,13,16H,8-10H2,1-7H3/b12-11+. The maximum absolute atomic E-state index is 11.6. The lowest BCUT2D eigenvalue weighted by atomic mass is 10.2.